The average molecular weight is 470 g/mol. The first-order valence-corrected chi connectivity index (χ1v) is 12.5. The fourth-order valence-electron chi connectivity index (χ4n) is 4.37. The second kappa shape index (κ2) is 11.7. The number of para-hydroxylation sites is 2. The van der Waals surface area contributed by atoms with E-state index in [0.717, 1.165) is 47.6 Å². The number of nitrogens with zero attached hydrogens (tertiary/aromatic N) is 2. The van der Waals surface area contributed by atoms with Crippen molar-refractivity contribution in [3.05, 3.63) is 95.3 Å². The molecule has 0 aliphatic heterocycles. The third-order valence-electron chi connectivity index (χ3n) is 6.20. The standard InChI is InChI=1S/C30H35N3O2/c1-22(2)25-16-15-23(3)20-28(25)35-19-18-33-27-13-8-7-12-26(27)32-29(33)14-9-17-31-30(34)21-24-10-5-4-6-11-24/h4-8,10-13,15-16,20,22H,9,14,17-19,21H2,1-3H3,(H,31,34). The first-order chi connectivity index (χ1) is 17.0. The third-order valence-corrected chi connectivity index (χ3v) is 6.20. The molecule has 182 valence electrons. The quantitative estimate of drug-likeness (QED) is 0.281. The molecule has 0 spiro atoms. The Morgan fingerprint density at radius 3 is 2.60 bits per heavy atom. The zero-order valence-electron chi connectivity index (χ0n) is 21.0. The Labute approximate surface area is 208 Å². The van der Waals surface area contributed by atoms with Gasteiger partial charge in [0.05, 0.1) is 24.0 Å². The molecule has 1 aromatic heterocycles. The number of hydrogen-bond donors (Lipinski definition) is 1. The third kappa shape index (κ3) is 6.50. The maximum Gasteiger partial charge on any atom is 0.224 e. The first-order valence-electron chi connectivity index (χ1n) is 12.5. The van der Waals surface area contributed by atoms with Gasteiger partial charge in [0.1, 0.15) is 18.2 Å². The molecule has 0 fully saturated rings. The highest BCUT2D eigenvalue weighted by atomic mass is 16.5. The summed E-state index contributed by atoms with van der Waals surface area (Å²) in [6.07, 6.45) is 2.04. The van der Waals surface area contributed by atoms with E-state index in [2.05, 4.69) is 61.0 Å². The summed E-state index contributed by atoms with van der Waals surface area (Å²) in [5, 5.41) is 3.04. The lowest BCUT2D eigenvalue weighted by Gasteiger charge is -2.16. The lowest BCUT2D eigenvalue weighted by atomic mass is 10.0. The van der Waals surface area contributed by atoms with Gasteiger partial charge in [0, 0.05) is 13.0 Å². The smallest absolute Gasteiger partial charge is 0.224 e. The van der Waals surface area contributed by atoms with Crippen molar-refractivity contribution >= 4 is 16.9 Å². The Kier molecular flexibility index (Phi) is 8.19. The van der Waals surface area contributed by atoms with Gasteiger partial charge in [-0.15, -0.1) is 0 Å². The molecule has 0 aliphatic rings. The van der Waals surface area contributed by atoms with E-state index in [1.807, 2.05) is 42.5 Å². The highest BCUT2D eigenvalue weighted by Crippen LogP contribution is 2.27. The minimum absolute atomic E-state index is 0.0530. The Morgan fingerprint density at radius 2 is 1.80 bits per heavy atom. The van der Waals surface area contributed by atoms with Gasteiger partial charge >= 0.3 is 0 Å². The van der Waals surface area contributed by atoms with Crippen molar-refractivity contribution < 1.29 is 9.53 Å². The van der Waals surface area contributed by atoms with E-state index in [1.54, 1.807) is 0 Å². The number of aryl methyl sites for hydroxylation is 2. The van der Waals surface area contributed by atoms with Gasteiger partial charge < -0.3 is 14.6 Å². The van der Waals surface area contributed by atoms with Gasteiger partial charge in [-0.1, -0.05) is 68.4 Å². The van der Waals surface area contributed by atoms with Crippen molar-refractivity contribution in [2.45, 2.75) is 52.5 Å². The van der Waals surface area contributed by atoms with Gasteiger partial charge in [0.25, 0.3) is 0 Å². The molecule has 0 atom stereocenters. The summed E-state index contributed by atoms with van der Waals surface area (Å²) in [6, 6.07) is 24.5. The van der Waals surface area contributed by atoms with E-state index in [-0.39, 0.29) is 5.91 Å². The maximum atomic E-state index is 12.3. The molecule has 0 radical (unpaired) electrons. The van der Waals surface area contributed by atoms with Crippen LogP contribution in [0.1, 0.15) is 48.7 Å². The number of amides is 1. The Hall–Kier alpha value is -3.60. The summed E-state index contributed by atoms with van der Waals surface area (Å²) in [4.78, 5) is 17.1. The fourth-order valence-corrected chi connectivity index (χ4v) is 4.37. The van der Waals surface area contributed by atoms with E-state index < -0.39 is 0 Å². The average Bonchev–Trinajstić information content (AvgIpc) is 3.20. The number of benzene rings is 3. The number of nitrogens with one attached hydrogen (secondary N) is 1. The van der Waals surface area contributed by atoms with E-state index in [9.17, 15) is 4.79 Å². The minimum Gasteiger partial charge on any atom is -0.491 e. The molecule has 35 heavy (non-hydrogen) atoms. The normalized spacial score (nSPS) is 11.2. The molecule has 1 N–H and O–H groups in total. The summed E-state index contributed by atoms with van der Waals surface area (Å²) < 4.78 is 8.52. The van der Waals surface area contributed by atoms with Crippen molar-refractivity contribution in [1.29, 1.82) is 0 Å². The molecular formula is C30H35N3O2. The summed E-state index contributed by atoms with van der Waals surface area (Å²) in [5.74, 6) is 2.46. The molecule has 4 rings (SSSR count). The molecule has 0 bridgehead atoms. The van der Waals surface area contributed by atoms with Gasteiger partial charge in [0.2, 0.25) is 5.91 Å². The molecule has 5 heteroatoms. The van der Waals surface area contributed by atoms with E-state index >= 15 is 0 Å². The lowest BCUT2D eigenvalue weighted by Crippen LogP contribution is -2.26. The number of imidazole rings is 1. The predicted molar refractivity (Wildman–Crippen MR) is 142 cm³/mol. The van der Waals surface area contributed by atoms with Crippen molar-refractivity contribution in [1.82, 2.24) is 14.9 Å². The van der Waals surface area contributed by atoms with E-state index in [4.69, 9.17) is 9.72 Å². The Balaban J connectivity index is 1.37. The van der Waals surface area contributed by atoms with Crippen molar-refractivity contribution in [2.75, 3.05) is 13.2 Å². The molecule has 1 amide bonds. The molecule has 0 unspecified atom stereocenters. The molecule has 0 saturated heterocycles. The van der Waals surface area contributed by atoms with E-state index in [1.165, 1.54) is 11.1 Å². The predicted octanol–water partition coefficient (Wildman–Crippen LogP) is 5.84. The van der Waals surface area contributed by atoms with Crippen LogP contribution in [0.25, 0.3) is 11.0 Å². The highest BCUT2D eigenvalue weighted by molar-refractivity contribution is 5.78. The van der Waals surface area contributed by atoms with Gasteiger partial charge in [-0.25, -0.2) is 4.98 Å². The second-order valence-corrected chi connectivity index (χ2v) is 9.33. The van der Waals surface area contributed by atoms with Crippen molar-refractivity contribution in [3.63, 3.8) is 0 Å². The van der Waals surface area contributed by atoms with Crippen LogP contribution in [0.4, 0.5) is 0 Å². The molecule has 0 aliphatic carbocycles. The van der Waals surface area contributed by atoms with Crippen LogP contribution in [0.2, 0.25) is 0 Å². The molecule has 5 nitrogen and oxygen atoms in total. The zero-order chi connectivity index (χ0) is 24.6. The van der Waals surface area contributed by atoms with Crippen LogP contribution in [-0.4, -0.2) is 28.6 Å². The van der Waals surface area contributed by atoms with Crippen LogP contribution in [0, 0.1) is 6.92 Å². The molecule has 3 aromatic carbocycles. The SMILES string of the molecule is Cc1ccc(C(C)C)c(OCCn2c(CCCNC(=O)Cc3ccccc3)nc3ccccc32)c1. The summed E-state index contributed by atoms with van der Waals surface area (Å²) >= 11 is 0. The van der Waals surface area contributed by atoms with Crippen LogP contribution in [0.15, 0.2) is 72.8 Å². The number of carbonyl (C=O) groups excluding carboxylic acids is 1. The van der Waals surface area contributed by atoms with Crippen LogP contribution >= 0.6 is 0 Å². The van der Waals surface area contributed by atoms with Crippen LogP contribution < -0.4 is 10.1 Å². The highest BCUT2D eigenvalue weighted by Gasteiger charge is 2.12. The minimum atomic E-state index is 0.0530. The number of carbonyl (C=O) groups is 1. The Bertz CT molecular complexity index is 1260. The number of fused-ring (bicyclic) bond motifs is 1. The molecule has 4 aromatic rings. The zero-order valence-corrected chi connectivity index (χ0v) is 21.0. The van der Waals surface area contributed by atoms with Crippen LogP contribution in [-0.2, 0) is 24.2 Å². The summed E-state index contributed by atoms with van der Waals surface area (Å²) in [6.45, 7) is 8.41. The number of rotatable bonds is 11. The second-order valence-electron chi connectivity index (χ2n) is 9.33. The van der Waals surface area contributed by atoms with Gasteiger partial charge in [0.15, 0.2) is 0 Å². The number of aromatic nitrogens is 2. The van der Waals surface area contributed by atoms with Gasteiger partial charge in [-0.05, 0) is 54.2 Å². The van der Waals surface area contributed by atoms with Gasteiger partial charge in [-0.2, -0.15) is 0 Å². The summed E-state index contributed by atoms with van der Waals surface area (Å²) in [5.41, 5.74) is 5.58. The fraction of sp³-hybridized carbons (Fsp3) is 0.333. The van der Waals surface area contributed by atoms with Crippen LogP contribution in [0.3, 0.4) is 0 Å². The monoisotopic (exact) mass is 469 g/mol. The summed E-state index contributed by atoms with van der Waals surface area (Å²) in [7, 11) is 0. The Morgan fingerprint density at radius 1 is 1.03 bits per heavy atom. The molecular weight excluding hydrogens is 434 g/mol. The topological polar surface area (TPSA) is 56.1 Å². The van der Waals surface area contributed by atoms with Crippen molar-refractivity contribution in [2.24, 2.45) is 0 Å². The largest absolute Gasteiger partial charge is 0.491 e. The van der Waals surface area contributed by atoms with Crippen molar-refractivity contribution in [3.8, 4) is 5.75 Å². The first kappa shape index (κ1) is 24.5. The molecule has 1 heterocycles. The maximum absolute atomic E-state index is 12.3. The van der Waals surface area contributed by atoms with Gasteiger partial charge in [-0.3, -0.25) is 4.79 Å². The lowest BCUT2D eigenvalue weighted by molar-refractivity contribution is -0.120. The van der Waals surface area contributed by atoms with E-state index in [0.29, 0.717) is 25.5 Å². The number of ether oxygens (including phenoxy) is 1. The molecule has 0 saturated carbocycles. The van der Waals surface area contributed by atoms with Crippen LogP contribution in [0.5, 0.6) is 5.75 Å². The number of hydrogen-bond acceptors (Lipinski definition) is 3.